The van der Waals surface area contributed by atoms with E-state index in [1.807, 2.05) is 42.5 Å². The Hall–Kier alpha value is -3.73. The van der Waals surface area contributed by atoms with Crippen LogP contribution in [0.2, 0.25) is 0 Å². The average molecular weight is 372 g/mol. The van der Waals surface area contributed by atoms with Crippen molar-refractivity contribution in [2.75, 3.05) is 0 Å². The van der Waals surface area contributed by atoms with E-state index in [1.165, 1.54) is 0 Å². The Labute approximate surface area is 163 Å². The van der Waals surface area contributed by atoms with Crippen LogP contribution in [0.5, 0.6) is 0 Å². The van der Waals surface area contributed by atoms with Gasteiger partial charge in [0.25, 0.3) is 5.91 Å². The minimum atomic E-state index is -0.560. The van der Waals surface area contributed by atoms with Gasteiger partial charge in [0.05, 0.1) is 11.6 Å². The van der Waals surface area contributed by atoms with E-state index in [2.05, 4.69) is 10.5 Å². The summed E-state index contributed by atoms with van der Waals surface area (Å²) >= 11 is 0. The molecule has 0 fully saturated rings. The normalized spacial score (nSPS) is 12.1. The van der Waals surface area contributed by atoms with Crippen LogP contribution in [0.15, 0.2) is 96.2 Å². The molecule has 5 heteroatoms. The van der Waals surface area contributed by atoms with Crippen LogP contribution in [0.1, 0.15) is 33.2 Å². The molecule has 0 aliphatic rings. The van der Waals surface area contributed by atoms with E-state index in [-0.39, 0.29) is 5.91 Å². The van der Waals surface area contributed by atoms with E-state index in [1.54, 1.807) is 55.5 Å². The molecular formula is C23H20N2O3. The molecule has 0 saturated heterocycles. The smallest absolute Gasteiger partial charge is 0.344 e. The number of carbonyl (C=O) groups excluding carboxylic acids is 2. The summed E-state index contributed by atoms with van der Waals surface area (Å²) in [5.41, 5.74) is 2.15. The number of carbonyl (C=O) groups is 2. The third kappa shape index (κ3) is 4.92. The lowest BCUT2D eigenvalue weighted by molar-refractivity contribution is 0.0515. The molecule has 3 rings (SSSR count). The monoisotopic (exact) mass is 372 g/mol. The molecule has 0 bridgehead atoms. The Bertz CT molecular complexity index is 955. The van der Waals surface area contributed by atoms with E-state index in [0.29, 0.717) is 16.8 Å². The van der Waals surface area contributed by atoms with E-state index < -0.39 is 12.0 Å². The topological polar surface area (TPSA) is 67.8 Å². The number of rotatable bonds is 6. The van der Waals surface area contributed by atoms with Gasteiger partial charge in [0.15, 0.2) is 0 Å². The molecule has 3 aromatic carbocycles. The van der Waals surface area contributed by atoms with Crippen LogP contribution in [0.25, 0.3) is 0 Å². The Kier molecular flexibility index (Phi) is 6.31. The third-order valence-electron chi connectivity index (χ3n) is 4.10. The zero-order valence-electron chi connectivity index (χ0n) is 15.4. The first-order valence-corrected chi connectivity index (χ1v) is 8.91. The average Bonchev–Trinajstić information content (AvgIpc) is 2.75. The van der Waals surface area contributed by atoms with Gasteiger partial charge in [0.1, 0.15) is 5.71 Å². The maximum atomic E-state index is 12.5. The van der Waals surface area contributed by atoms with Crippen molar-refractivity contribution in [3.63, 3.8) is 0 Å². The summed E-state index contributed by atoms with van der Waals surface area (Å²) in [6.45, 7) is 1.79. The standard InChI is InChI=1S/C23H20N2O3/c1-17(24-22(26)19-13-7-3-8-14-19)21(18-11-5-2-6-12-18)25-28-23(27)20-15-9-4-10-16-20/h2-17H,1H3,(H,24,26). The number of nitrogens with zero attached hydrogens (tertiary/aromatic N) is 1. The van der Waals surface area contributed by atoms with Crippen LogP contribution in [0.3, 0.4) is 0 Å². The van der Waals surface area contributed by atoms with Gasteiger partial charge in [-0.2, -0.15) is 0 Å². The van der Waals surface area contributed by atoms with Crippen molar-refractivity contribution in [1.82, 2.24) is 5.32 Å². The number of oxime groups is 1. The molecule has 1 atom stereocenters. The summed E-state index contributed by atoms with van der Waals surface area (Å²) in [7, 11) is 0. The number of hydrogen-bond acceptors (Lipinski definition) is 4. The fraction of sp³-hybridized carbons (Fsp3) is 0.0870. The molecular weight excluding hydrogens is 352 g/mol. The van der Waals surface area contributed by atoms with Crippen LogP contribution >= 0.6 is 0 Å². The number of benzene rings is 3. The van der Waals surface area contributed by atoms with E-state index in [0.717, 1.165) is 5.56 Å². The van der Waals surface area contributed by atoms with Crippen molar-refractivity contribution in [1.29, 1.82) is 0 Å². The Morgan fingerprint density at radius 2 is 1.21 bits per heavy atom. The van der Waals surface area contributed by atoms with Gasteiger partial charge in [-0.25, -0.2) is 4.79 Å². The predicted octanol–water partition coefficient (Wildman–Crippen LogP) is 4.07. The molecule has 0 saturated carbocycles. The largest absolute Gasteiger partial charge is 0.365 e. The first kappa shape index (κ1) is 19.0. The number of hydrogen-bond donors (Lipinski definition) is 1. The van der Waals surface area contributed by atoms with Crippen LogP contribution < -0.4 is 5.32 Å². The first-order valence-electron chi connectivity index (χ1n) is 8.91. The van der Waals surface area contributed by atoms with E-state index >= 15 is 0 Å². The fourth-order valence-corrected chi connectivity index (χ4v) is 2.65. The molecule has 3 aromatic rings. The van der Waals surface area contributed by atoms with E-state index in [9.17, 15) is 9.59 Å². The Morgan fingerprint density at radius 3 is 1.75 bits per heavy atom. The van der Waals surface area contributed by atoms with Crippen molar-refractivity contribution in [2.24, 2.45) is 5.16 Å². The van der Waals surface area contributed by atoms with Crippen molar-refractivity contribution in [3.8, 4) is 0 Å². The van der Waals surface area contributed by atoms with Crippen LogP contribution in [0.4, 0.5) is 0 Å². The number of nitrogens with one attached hydrogen (secondary N) is 1. The minimum absolute atomic E-state index is 0.230. The van der Waals surface area contributed by atoms with Crippen LogP contribution in [0, 0.1) is 0 Å². The minimum Gasteiger partial charge on any atom is -0.344 e. The molecule has 0 aliphatic carbocycles. The summed E-state index contributed by atoms with van der Waals surface area (Å²) in [5, 5.41) is 6.97. The summed E-state index contributed by atoms with van der Waals surface area (Å²) in [4.78, 5) is 29.9. The third-order valence-corrected chi connectivity index (χ3v) is 4.10. The summed E-state index contributed by atoms with van der Waals surface area (Å²) < 4.78 is 0. The number of amides is 1. The lowest BCUT2D eigenvalue weighted by atomic mass is 10.0. The highest BCUT2D eigenvalue weighted by atomic mass is 16.7. The second kappa shape index (κ2) is 9.28. The summed E-state index contributed by atoms with van der Waals surface area (Å²) in [5.74, 6) is -0.790. The zero-order chi connectivity index (χ0) is 19.8. The van der Waals surface area contributed by atoms with Crippen LogP contribution in [-0.2, 0) is 4.84 Å². The second-order valence-corrected chi connectivity index (χ2v) is 6.15. The second-order valence-electron chi connectivity index (χ2n) is 6.15. The van der Waals surface area contributed by atoms with Gasteiger partial charge in [-0.1, -0.05) is 71.9 Å². The molecule has 140 valence electrons. The highest BCUT2D eigenvalue weighted by Gasteiger charge is 2.18. The predicted molar refractivity (Wildman–Crippen MR) is 108 cm³/mol. The first-order chi connectivity index (χ1) is 13.6. The molecule has 0 spiro atoms. The lowest BCUT2D eigenvalue weighted by Gasteiger charge is -2.16. The summed E-state index contributed by atoms with van der Waals surface area (Å²) in [6.07, 6.45) is 0. The van der Waals surface area contributed by atoms with Gasteiger partial charge in [-0.05, 0) is 31.2 Å². The summed E-state index contributed by atoms with van der Waals surface area (Å²) in [6, 6.07) is 26.4. The van der Waals surface area contributed by atoms with Crippen molar-refractivity contribution in [3.05, 3.63) is 108 Å². The van der Waals surface area contributed by atoms with Gasteiger partial charge in [-0.3, -0.25) is 4.79 Å². The van der Waals surface area contributed by atoms with Crippen molar-refractivity contribution in [2.45, 2.75) is 13.0 Å². The molecule has 0 aromatic heterocycles. The molecule has 1 N–H and O–H groups in total. The maximum Gasteiger partial charge on any atom is 0.365 e. The quantitative estimate of drug-likeness (QED) is 0.403. The Balaban J connectivity index is 1.81. The highest BCUT2D eigenvalue weighted by molar-refractivity contribution is 6.07. The molecule has 28 heavy (non-hydrogen) atoms. The molecule has 0 aliphatic heterocycles. The molecule has 0 heterocycles. The SMILES string of the molecule is CC(NC(=O)c1ccccc1)C(=NOC(=O)c1ccccc1)c1ccccc1. The highest BCUT2D eigenvalue weighted by Crippen LogP contribution is 2.09. The van der Waals surface area contributed by atoms with Gasteiger partial charge in [0.2, 0.25) is 0 Å². The van der Waals surface area contributed by atoms with Gasteiger partial charge in [0, 0.05) is 11.1 Å². The van der Waals surface area contributed by atoms with Crippen molar-refractivity contribution >= 4 is 17.6 Å². The van der Waals surface area contributed by atoms with Gasteiger partial charge < -0.3 is 10.2 Å². The van der Waals surface area contributed by atoms with Gasteiger partial charge in [-0.15, -0.1) is 0 Å². The zero-order valence-corrected chi connectivity index (χ0v) is 15.4. The molecule has 0 radical (unpaired) electrons. The molecule has 1 amide bonds. The van der Waals surface area contributed by atoms with E-state index in [4.69, 9.17) is 4.84 Å². The van der Waals surface area contributed by atoms with Crippen molar-refractivity contribution < 1.29 is 14.4 Å². The van der Waals surface area contributed by atoms with Gasteiger partial charge >= 0.3 is 5.97 Å². The Morgan fingerprint density at radius 1 is 0.750 bits per heavy atom. The maximum absolute atomic E-state index is 12.5. The van der Waals surface area contributed by atoms with Crippen LogP contribution in [-0.4, -0.2) is 23.6 Å². The fourth-order valence-electron chi connectivity index (χ4n) is 2.65. The lowest BCUT2D eigenvalue weighted by Crippen LogP contribution is -2.39. The molecule has 5 nitrogen and oxygen atoms in total. The molecule has 1 unspecified atom stereocenters.